The number of nitrogens with zero attached hydrogens (tertiary/aromatic N) is 1. The summed E-state index contributed by atoms with van der Waals surface area (Å²) in [5.74, 6) is 0.563. The number of carbonyl (C=O) groups excluding carboxylic acids is 1. The van der Waals surface area contributed by atoms with Crippen LogP contribution in [0.3, 0.4) is 0 Å². The lowest BCUT2D eigenvalue weighted by molar-refractivity contribution is -0.133. The number of hydrogen-bond donors (Lipinski definition) is 1. The Balaban J connectivity index is 1.57. The van der Waals surface area contributed by atoms with Crippen LogP contribution in [-0.2, 0) is 14.9 Å². The Morgan fingerprint density at radius 3 is 2.70 bits per heavy atom. The zero-order valence-electron chi connectivity index (χ0n) is 13.1. The molecule has 23 heavy (non-hydrogen) atoms. The van der Waals surface area contributed by atoms with Crippen molar-refractivity contribution < 1.29 is 14.6 Å². The van der Waals surface area contributed by atoms with Gasteiger partial charge in [0, 0.05) is 30.1 Å². The Morgan fingerprint density at radius 2 is 2.09 bits per heavy atom. The second-order valence-corrected chi connectivity index (χ2v) is 7.77. The normalized spacial score (nSPS) is 31.7. The lowest BCUT2D eigenvalue weighted by atomic mass is 9.76. The Morgan fingerprint density at radius 1 is 1.35 bits per heavy atom. The van der Waals surface area contributed by atoms with Crippen LogP contribution in [0.5, 0.6) is 0 Å². The highest BCUT2D eigenvalue weighted by Gasteiger charge is 2.57. The standard InChI is InChI=1S/C18H22ClNO3/c19-15-3-1-13(2-4-15)18(6-7-18)16(22)20-9-14-5-8-23-12-17(14,10-20)11-21/h1-4,14,21H,5-12H2/t14-,17+/m0/s1. The maximum absolute atomic E-state index is 13.2. The van der Waals surface area contributed by atoms with Gasteiger partial charge in [-0.15, -0.1) is 0 Å². The quantitative estimate of drug-likeness (QED) is 0.921. The maximum Gasteiger partial charge on any atom is 0.233 e. The molecule has 0 unspecified atom stereocenters. The summed E-state index contributed by atoms with van der Waals surface area (Å²) < 4.78 is 5.59. The second kappa shape index (κ2) is 5.47. The largest absolute Gasteiger partial charge is 0.396 e. The van der Waals surface area contributed by atoms with E-state index in [0.29, 0.717) is 24.1 Å². The summed E-state index contributed by atoms with van der Waals surface area (Å²) in [7, 11) is 0. The van der Waals surface area contributed by atoms with E-state index in [4.69, 9.17) is 16.3 Å². The molecule has 1 aliphatic carbocycles. The predicted molar refractivity (Wildman–Crippen MR) is 87.4 cm³/mol. The van der Waals surface area contributed by atoms with E-state index in [9.17, 15) is 9.90 Å². The summed E-state index contributed by atoms with van der Waals surface area (Å²) >= 11 is 5.97. The van der Waals surface area contributed by atoms with E-state index in [0.717, 1.165) is 38.0 Å². The summed E-state index contributed by atoms with van der Waals surface area (Å²) in [5.41, 5.74) is 0.440. The lowest BCUT2D eigenvalue weighted by Gasteiger charge is -2.36. The third kappa shape index (κ3) is 2.39. The Labute approximate surface area is 141 Å². The number of amides is 1. The first kappa shape index (κ1) is 15.4. The fourth-order valence-electron chi connectivity index (χ4n) is 4.30. The van der Waals surface area contributed by atoms with Gasteiger partial charge in [-0.25, -0.2) is 0 Å². The van der Waals surface area contributed by atoms with Crippen LogP contribution in [-0.4, -0.2) is 48.8 Å². The summed E-state index contributed by atoms with van der Waals surface area (Å²) in [6, 6.07) is 7.66. The first-order chi connectivity index (χ1) is 11.1. The highest BCUT2D eigenvalue weighted by molar-refractivity contribution is 6.30. The molecule has 2 aliphatic heterocycles. The Kier molecular flexibility index (Phi) is 3.67. The van der Waals surface area contributed by atoms with Crippen molar-refractivity contribution in [2.75, 3.05) is 32.9 Å². The third-order valence-corrected chi connectivity index (χ3v) is 6.22. The van der Waals surface area contributed by atoms with E-state index in [-0.39, 0.29) is 23.3 Å². The Hall–Kier alpha value is -1.10. The van der Waals surface area contributed by atoms with E-state index < -0.39 is 0 Å². The number of rotatable bonds is 3. The molecule has 2 saturated heterocycles. The van der Waals surface area contributed by atoms with Crippen molar-refractivity contribution in [2.24, 2.45) is 11.3 Å². The highest BCUT2D eigenvalue weighted by Crippen LogP contribution is 2.52. The van der Waals surface area contributed by atoms with Crippen LogP contribution in [0, 0.1) is 11.3 Å². The van der Waals surface area contributed by atoms with Crippen LogP contribution < -0.4 is 0 Å². The van der Waals surface area contributed by atoms with Gasteiger partial charge in [-0.2, -0.15) is 0 Å². The van der Waals surface area contributed by atoms with Gasteiger partial charge in [-0.05, 0) is 42.9 Å². The van der Waals surface area contributed by atoms with E-state index in [1.54, 1.807) is 0 Å². The van der Waals surface area contributed by atoms with Crippen molar-refractivity contribution in [1.82, 2.24) is 4.90 Å². The molecule has 4 rings (SSSR count). The molecule has 0 radical (unpaired) electrons. The fourth-order valence-corrected chi connectivity index (χ4v) is 4.42. The van der Waals surface area contributed by atoms with Gasteiger partial charge in [0.1, 0.15) is 0 Å². The molecule has 1 aromatic carbocycles. The van der Waals surface area contributed by atoms with Gasteiger partial charge in [0.15, 0.2) is 0 Å². The third-order valence-electron chi connectivity index (χ3n) is 5.97. The van der Waals surface area contributed by atoms with E-state index in [2.05, 4.69) is 0 Å². The van der Waals surface area contributed by atoms with Crippen molar-refractivity contribution in [2.45, 2.75) is 24.7 Å². The van der Waals surface area contributed by atoms with Gasteiger partial charge < -0.3 is 14.7 Å². The van der Waals surface area contributed by atoms with Crippen molar-refractivity contribution in [1.29, 1.82) is 0 Å². The topological polar surface area (TPSA) is 49.8 Å². The number of fused-ring (bicyclic) bond motifs is 1. The van der Waals surface area contributed by atoms with Crippen LogP contribution in [0.1, 0.15) is 24.8 Å². The molecule has 0 bridgehead atoms. The zero-order valence-corrected chi connectivity index (χ0v) is 13.9. The minimum absolute atomic E-state index is 0.0927. The minimum Gasteiger partial charge on any atom is -0.396 e. The first-order valence-corrected chi connectivity index (χ1v) is 8.72. The summed E-state index contributed by atoms with van der Waals surface area (Å²) in [4.78, 5) is 15.2. The molecule has 1 aromatic rings. The Bertz CT molecular complexity index is 613. The number of ether oxygens (including phenoxy) is 1. The highest BCUT2D eigenvalue weighted by atomic mass is 35.5. The molecular weight excluding hydrogens is 314 g/mol. The summed E-state index contributed by atoms with van der Waals surface area (Å²) in [5, 5.41) is 10.6. The summed E-state index contributed by atoms with van der Waals surface area (Å²) in [6.45, 7) is 2.75. The molecule has 0 spiro atoms. The molecule has 4 nitrogen and oxygen atoms in total. The maximum atomic E-state index is 13.2. The van der Waals surface area contributed by atoms with Crippen molar-refractivity contribution in [3.63, 3.8) is 0 Å². The second-order valence-electron chi connectivity index (χ2n) is 7.33. The van der Waals surface area contributed by atoms with Crippen molar-refractivity contribution in [3.05, 3.63) is 34.9 Å². The van der Waals surface area contributed by atoms with E-state index in [1.807, 2.05) is 29.2 Å². The zero-order chi connectivity index (χ0) is 16.1. The molecule has 3 fully saturated rings. The number of aliphatic hydroxyl groups is 1. The van der Waals surface area contributed by atoms with Crippen LogP contribution in [0.4, 0.5) is 0 Å². The molecular formula is C18H22ClNO3. The predicted octanol–water partition coefficient (Wildman–Crippen LogP) is 2.23. The monoisotopic (exact) mass is 335 g/mol. The first-order valence-electron chi connectivity index (χ1n) is 8.34. The molecule has 3 aliphatic rings. The van der Waals surface area contributed by atoms with E-state index in [1.165, 1.54) is 0 Å². The van der Waals surface area contributed by atoms with Gasteiger partial charge in [-0.1, -0.05) is 23.7 Å². The van der Waals surface area contributed by atoms with Crippen LogP contribution >= 0.6 is 11.6 Å². The number of likely N-dealkylation sites (tertiary alicyclic amines) is 1. The number of aliphatic hydroxyl groups excluding tert-OH is 1. The van der Waals surface area contributed by atoms with Gasteiger partial charge in [-0.3, -0.25) is 4.79 Å². The van der Waals surface area contributed by atoms with Crippen LogP contribution in [0.25, 0.3) is 0 Å². The SMILES string of the molecule is O=C(N1C[C@@H]2CCOC[C@]2(CO)C1)C1(c2ccc(Cl)cc2)CC1. The molecule has 124 valence electrons. The van der Waals surface area contributed by atoms with Crippen LogP contribution in [0.15, 0.2) is 24.3 Å². The number of benzene rings is 1. The molecule has 0 aromatic heterocycles. The molecule has 2 atom stereocenters. The smallest absolute Gasteiger partial charge is 0.233 e. The summed E-state index contributed by atoms with van der Waals surface area (Å²) in [6.07, 6.45) is 2.73. The van der Waals surface area contributed by atoms with Crippen molar-refractivity contribution in [3.8, 4) is 0 Å². The van der Waals surface area contributed by atoms with Gasteiger partial charge in [0.25, 0.3) is 0 Å². The van der Waals surface area contributed by atoms with Crippen molar-refractivity contribution >= 4 is 17.5 Å². The average Bonchev–Trinajstić information content (AvgIpc) is 3.29. The van der Waals surface area contributed by atoms with Gasteiger partial charge in [0.2, 0.25) is 5.91 Å². The average molecular weight is 336 g/mol. The fraction of sp³-hybridized carbons (Fsp3) is 0.611. The number of halogens is 1. The molecule has 1 saturated carbocycles. The number of carbonyl (C=O) groups is 1. The lowest BCUT2D eigenvalue weighted by Crippen LogP contribution is -2.44. The van der Waals surface area contributed by atoms with Gasteiger partial charge >= 0.3 is 0 Å². The van der Waals surface area contributed by atoms with Crippen LogP contribution in [0.2, 0.25) is 5.02 Å². The number of hydrogen-bond acceptors (Lipinski definition) is 3. The molecule has 2 heterocycles. The molecule has 5 heteroatoms. The van der Waals surface area contributed by atoms with E-state index >= 15 is 0 Å². The minimum atomic E-state index is -0.365. The van der Waals surface area contributed by atoms with Gasteiger partial charge in [0.05, 0.1) is 18.6 Å². The molecule has 1 amide bonds. The molecule has 1 N–H and O–H groups in total.